The molecule has 1 N–H and O–H groups in total. The van der Waals surface area contributed by atoms with Gasteiger partial charge in [-0.25, -0.2) is 4.39 Å². The third-order valence-corrected chi connectivity index (χ3v) is 7.06. The van der Waals surface area contributed by atoms with Crippen molar-refractivity contribution in [1.82, 2.24) is 5.32 Å². The first kappa shape index (κ1) is 17.3. The van der Waals surface area contributed by atoms with Crippen molar-refractivity contribution in [2.75, 3.05) is 6.54 Å². The molecule has 0 spiro atoms. The van der Waals surface area contributed by atoms with E-state index in [1.54, 1.807) is 0 Å². The molecule has 0 amide bonds. The van der Waals surface area contributed by atoms with Crippen molar-refractivity contribution in [1.29, 1.82) is 0 Å². The van der Waals surface area contributed by atoms with Crippen LogP contribution in [-0.4, -0.2) is 18.3 Å². The van der Waals surface area contributed by atoms with E-state index in [-0.39, 0.29) is 5.41 Å². The maximum Gasteiger partial charge on any atom is 0.119 e. The lowest BCUT2D eigenvalue weighted by molar-refractivity contribution is 0.253. The first-order valence-corrected chi connectivity index (χ1v) is 10.2. The smallest absolute Gasteiger partial charge is 0.119 e. The monoisotopic (exact) mass is 341 g/mol. The Morgan fingerprint density at radius 3 is 2.64 bits per heavy atom. The number of rotatable bonds is 7. The minimum absolute atomic E-state index is 0.0491. The van der Waals surface area contributed by atoms with Crippen molar-refractivity contribution < 1.29 is 4.39 Å². The predicted molar refractivity (Wildman–Crippen MR) is 103 cm³/mol. The molecule has 0 bridgehead atoms. The van der Waals surface area contributed by atoms with Crippen molar-refractivity contribution in [3.05, 3.63) is 41.5 Å². The van der Waals surface area contributed by atoms with Crippen molar-refractivity contribution in [3.63, 3.8) is 0 Å². The number of benzene rings is 1. The highest BCUT2D eigenvalue weighted by Gasteiger charge is 2.84. The Kier molecular flexibility index (Phi) is 4.30. The number of fused-ring (bicyclic) bond motifs is 1. The lowest BCUT2D eigenvalue weighted by Gasteiger charge is -2.33. The van der Waals surface area contributed by atoms with E-state index >= 15 is 0 Å². The minimum atomic E-state index is -0.765. The molecular weight excluding hydrogens is 309 g/mol. The van der Waals surface area contributed by atoms with Crippen LogP contribution in [0.3, 0.4) is 0 Å². The van der Waals surface area contributed by atoms with Gasteiger partial charge in [0.1, 0.15) is 5.67 Å². The Morgan fingerprint density at radius 1 is 1.28 bits per heavy atom. The number of aryl methyl sites for hydroxylation is 1. The Labute approximate surface area is 152 Å². The zero-order valence-electron chi connectivity index (χ0n) is 15.8. The van der Waals surface area contributed by atoms with Gasteiger partial charge in [-0.15, -0.1) is 0 Å². The van der Waals surface area contributed by atoms with E-state index in [9.17, 15) is 4.39 Å². The average molecular weight is 342 g/mol. The lowest BCUT2D eigenvalue weighted by Crippen LogP contribution is -2.41. The van der Waals surface area contributed by atoms with Crippen LogP contribution in [0, 0.1) is 11.3 Å². The van der Waals surface area contributed by atoms with E-state index in [1.807, 2.05) is 0 Å². The third kappa shape index (κ3) is 3.18. The van der Waals surface area contributed by atoms with Crippen molar-refractivity contribution in [2.45, 2.75) is 76.9 Å². The van der Waals surface area contributed by atoms with Crippen molar-refractivity contribution in [3.8, 4) is 0 Å². The maximum atomic E-state index is 13.9. The van der Waals surface area contributed by atoms with Gasteiger partial charge >= 0.3 is 0 Å². The molecule has 0 heterocycles. The van der Waals surface area contributed by atoms with Crippen molar-refractivity contribution in [2.24, 2.45) is 11.3 Å². The molecule has 2 heteroatoms. The van der Waals surface area contributed by atoms with E-state index < -0.39 is 5.67 Å². The van der Waals surface area contributed by atoms with Gasteiger partial charge in [0.2, 0.25) is 0 Å². The minimum Gasteiger partial charge on any atom is -0.313 e. The number of nitrogens with one attached hydrogen (secondary N) is 1. The molecule has 136 valence electrons. The molecule has 4 rings (SSSR count). The molecule has 1 aromatic carbocycles. The van der Waals surface area contributed by atoms with Gasteiger partial charge in [0.05, 0.1) is 0 Å². The molecule has 1 nitrogen and oxygen atoms in total. The molecule has 0 aromatic heterocycles. The highest BCUT2D eigenvalue weighted by atomic mass is 19.1. The Balaban J connectivity index is 1.41. The van der Waals surface area contributed by atoms with E-state index in [0.717, 1.165) is 37.8 Å². The summed E-state index contributed by atoms with van der Waals surface area (Å²) in [7, 11) is 0. The van der Waals surface area contributed by atoms with Crippen LogP contribution in [-0.2, 0) is 12.8 Å². The zero-order valence-corrected chi connectivity index (χ0v) is 15.8. The molecule has 3 fully saturated rings. The molecular formula is C23H32FN. The number of allylic oxidation sites excluding steroid dienone is 1. The molecule has 3 aliphatic rings. The fraction of sp³-hybridized carbons (Fsp3) is 0.652. The summed E-state index contributed by atoms with van der Waals surface area (Å²) in [6, 6.07) is 7.51. The van der Waals surface area contributed by atoms with Crippen LogP contribution in [0.5, 0.6) is 0 Å². The van der Waals surface area contributed by atoms with Gasteiger partial charge in [-0.3, -0.25) is 0 Å². The van der Waals surface area contributed by atoms with Gasteiger partial charge in [-0.2, -0.15) is 0 Å². The van der Waals surface area contributed by atoms with Crippen LogP contribution in [0.15, 0.2) is 24.8 Å². The second-order valence-corrected chi connectivity index (χ2v) is 8.96. The first-order chi connectivity index (χ1) is 12.0. The lowest BCUT2D eigenvalue weighted by atomic mass is 9.80. The number of alkyl halides is 1. The molecule has 25 heavy (non-hydrogen) atoms. The molecule has 0 radical (unpaired) electrons. The van der Waals surface area contributed by atoms with Gasteiger partial charge in [-0.05, 0) is 68.1 Å². The highest BCUT2D eigenvalue weighted by Crippen LogP contribution is 2.80. The summed E-state index contributed by atoms with van der Waals surface area (Å²) in [6.07, 6.45) is 9.04. The number of hydrogen-bond acceptors (Lipinski definition) is 1. The van der Waals surface area contributed by atoms with E-state index in [1.165, 1.54) is 42.4 Å². The molecule has 0 saturated heterocycles. The quantitative estimate of drug-likeness (QED) is 0.693. The Hall–Kier alpha value is -1.15. The van der Waals surface area contributed by atoms with Crippen LogP contribution in [0.2, 0.25) is 0 Å². The SMILES string of the molecule is C=C(C)c1ccc(CC2CCCCC2NCC23CC2(F)C3)cc1CC. The zero-order chi connectivity index (χ0) is 17.7. The molecule has 3 saturated carbocycles. The van der Waals surface area contributed by atoms with Crippen LogP contribution in [0.4, 0.5) is 4.39 Å². The molecule has 2 atom stereocenters. The Morgan fingerprint density at radius 2 is 2.00 bits per heavy atom. The summed E-state index contributed by atoms with van der Waals surface area (Å²) in [6.45, 7) is 9.33. The summed E-state index contributed by atoms with van der Waals surface area (Å²) in [4.78, 5) is 0. The predicted octanol–water partition coefficient (Wildman–Crippen LogP) is 5.48. The van der Waals surface area contributed by atoms with Gasteiger partial charge in [0.25, 0.3) is 0 Å². The van der Waals surface area contributed by atoms with Crippen LogP contribution < -0.4 is 5.32 Å². The molecule has 0 aliphatic heterocycles. The fourth-order valence-electron chi connectivity index (χ4n) is 5.05. The Bertz CT molecular complexity index is 671. The maximum absolute atomic E-state index is 13.9. The van der Waals surface area contributed by atoms with Crippen LogP contribution in [0.25, 0.3) is 5.57 Å². The first-order valence-electron chi connectivity index (χ1n) is 10.2. The van der Waals surface area contributed by atoms with Crippen LogP contribution >= 0.6 is 0 Å². The van der Waals surface area contributed by atoms with Gasteiger partial charge in [0.15, 0.2) is 0 Å². The third-order valence-electron chi connectivity index (χ3n) is 7.06. The van der Waals surface area contributed by atoms with Gasteiger partial charge in [0, 0.05) is 18.0 Å². The van der Waals surface area contributed by atoms with E-state index in [2.05, 4.69) is 43.9 Å². The molecule has 2 unspecified atom stereocenters. The van der Waals surface area contributed by atoms with Crippen molar-refractivity contribution >= 4 is 5.57 Å². The number of hydrogen-bond donors (Lipinski definition) is 1. The van der Waals surface area contributed by atoms with Gasteiger partial charge < -0.3 is 5.32 Å². The second kappa shape index (κ2) is 6.23. The largest absolute Gasteiger partial charge is 0.313 e. The van der Waals surface area contributed by atoms with E-state index in [0.29, 0.717) is 12.0 Å². The van der Waals surface area contributed by atoms with E-state index in [4.69, 9.17) is 0 Å². The summed E-state index contributed by atoms with van der Waals surface area (Å²) in [5.41, 5.74) is 4.62. The average Bonchev–Trinajstić information content (AvgIpc) is 3.37. The molecule has 3 aliphatic carbocycles. The summed E-state index contributed by atoms with van der Waals surface area (Å²) in [5, 5.41) is 3.77. The normalized spacial score (nSPS) is 36.0. The summed E-state index contributed by atoms with van der Waals surface area (Å²) >= 11 is 0. The molecule has 1 aromatic rings. The number of halogens is 1. The van der Waals surface area contributed by atoms with Crippen LogP contribution in [0.1, 0.15) is 69.1 Å². The topological polar surface area (TPSA) is 12.0 Å². The highest BCUT2D eigenvalue weighted by molar-refractivity contribution is 5.65. The fourth-order valence-corrected chi connectivity index (χ4v) is 5.05. The second-order valence-electron chi connectivity index (χ2n) is 8.96. The summed E-state index contributed by atoms with van der Waals surface area (Å²) in [5.74, 6) is 0.692. The standard InChI is InChI=1S/C23H32FN/c1-4-18-11-17(9-10-20(18)16(2)3)12-19-7-5-6-8-21(19)25-15-22-13-23(22,24)14-22/h9-11,19,21,25H,2,4-8,12-15H2,1,3H3. The summed E-state index contributed by atoms with van der Waals surface area (Å²) < 4.78 is 13.9. The van der Waals surface area contributed by atoms with Gasteiger partial charge in [-0.1, -0.05) is 50.1 Å².